The summed E-state index contributed by atoms with van der Waals surface area (Å²) in [4.78, 5) is 21.0. The molecule has 16 heavy (non-hydrogen) atoms. The minimum absolute atomic E-state index is 0.484. The van der Waals surface area contributed by atoms with Gasteiger partial charge in [0, 0.05) is 0 Å². The zero-order valence-corrected chi connectivity index (χ0v) is 7.52. The van der Waals surface area contributed by atoms with Crippen LogP contribution in [-0.4, -0.2) is 41.5 Å². The number of carbonyl (C=O) groups excluding carboxylic acids is 2. The molecule has 1 amide bonds. The molecule has 0 unspecified atom stereocenters. The van der Waals surface area contributed by atoms with Crippen LogP contribution in [-0.2, 0) is 9.59 Å². The zero-order valence-electron chi connectivity index (χ0n) is 7.52. The maximum Gasteiger partial charge on any atom is 0.417 e. The second-order valence-corrected chi connectivity index (χ2v) is 3.22. The van der Waals surface area contributed by atoms with Gasteiger partial charge in [0.15, 0.2) is 5.78 Å². The van der Waals surface area contributed by atoms with E-state index in [0.29, 0.717) is 0 Å². The lowest BCUT2D eigenvalue weighted by molar-refractivity contribution is -0.281. The number of likely N-dealkylation sites (tertiary alicyclic amines) is 1. The summed E-state index contributed by atoms with van der Waals surface area (Å²) in [6.07, 6.45) is -12.2. The molecule has 0 aromatic rings. The minimum atomic E-state index is -5.64. The van der Waals surface area contributed by atoms with Crippen LogP contribution in [0.2, 0.25) is 0 Å². The molecule has 9 heteroatoms. The summed E-state index contributed by atoms with van der Waals surface area (Å²) < 4.78 is 72.9. The fraction of sp³-hybridized carbons (Fsp3) is 0.714. The van der Waals surface area contributed by atoms with Crippen molar-refractivity contribution in [3.63, 3.8) is 0 Å². The third-order valence-corrected chi connectivity index (χ3v) is 1.95. The molecule has 0 saturated carbocycles. The van der Waals surface area contributed by atoms with Crippen molar-refractivity contribution in [1.29, 1.82) is 0 Å². The largest absolute Gasteiger partial charge is 0.417 e. The highest BCUT2D eigenvalue weighted by atomic mass is 19.4. The minimum Gasteiger partial charge on any atom is -0.315 e. The van der Waals surface area contributed by atoms with Gasteiger partial charge in [-0.1, -0.05) is 0 Å². The molecule has 0 N–H and O–H groups in total. The highest BCUT2D eigenvalue weighted by Crippen LogP contribution is 2.38. The number of halogens is 6. The molecule has 1 fully saturated rings. The number of Topliss-reactive ketones (excluding diaryl/α,β-unsaturated/α-hetero) is 1. The molecule has 1 aliphatic heterocycles. The lowest BCUT2D eigenvalue weighted by Crippen LogP contribution is -2.55. The van der Waals surface area contributed by atoms with E-state index in [1.54, 1.807) is 0 Å². The first-order chi connectivity index (χ1) is 7.03. The predicted octanol–water partition coefficient (Wildman–Crippen LogP) is 1.28. The average molecular weight is 249 g/mol. The van der Waals surface area contributed by atoms with E-state index in [9.17, 15) is 35.9 Å². The van der Waals surface area contributed by atoms with E-state index < -0.39 is 48.0 Å². The first-order valence-corrected chi connectivity index (χ1v) is 3.98. The molecule has 1 heterocycles. The van der Waals surface area contributed by atoms with Gasteiger partial charge in [-0.2, -0.15) is 26.3 Å². The predicted molar refractivity (Wildman–Crippen MR) is 37.2 cm³/mol. The Morgan fingerprint density at radius 3 is 1.69 bits per heavy atom. The number of alkyl halides is 6. The number of rotatable bonds is 1. The van der Waals surface area contributed by atoms with E-state index >= 15 is 0 Å². The summed E-state index contributed by atoms with van der Waals surface area (Å²) >= 11 is 0. The smallest absolute Gasteiger partial charge is 0.315 e. The van der Waals surface area contributed by atoms with Gasteiger partial charge < -0.3 is 4.90 Å². The van der Waals surface area contributed by atoms with Crippen LogP contribution >= 0.6 is 0 Å². The molecular formula is C7H5F6NO2. The molecule has 1 rings (SSSR count). The van der Waals surface area contributed by atoms with Gasteiger partial charge in [-0.05, 0) is 0 Å². The summed E-state index contributed by atoms with van der Waals surface area (Å²) in [7, 11) is 0. The molecule has 92 valence electrons. The highest BCUT2D eigenvalue weighted by molar-refractivity contribution is 6.05. The Bertz CT molecular complexity index is 306. The van der Waals surface area contributed by atoms with Crippen molar-refractivity contribution in [2.75, 3.05) is 6.54 Å². The van der Waals surface area contributed by atoms with Crippen molar-refractivity contribution in [1.82, 2.24) is 4.90 Å². The van der Waals surface area contributed by atoms with Gasteiger partial charge in [-0.15, -0.1) is 0 Å². The van der Waals surface area contributed by atoms with Gasteiger partial charge in [0.2, 0.25) is 11.9 Å². The lowest BCUT2D eigenvalue weighted by atomic mass is 10.2. The van der Waals surface area contributed by atoms with E-state index in [-0.39, 0.29) is 0 Å². The van der Waals surface area contributed by atoms with Crippen LogP contribution in [0.1, 0.15) is 6.42 Å². The lowest BCUT2D eigenvalue weighted by Gasteiger charge is -2.30. The molecule has 0 radical (unpaired) electrons. The molecular weight excluding hydrogens is 244 g/mol. The van der Waals surface area contributed by atoms with Crippen LogP contribution in [0.25, 0.3) is 0 Å². The molecule has 1 aliphatic rings. The summed E-state index contributed by atoms with van der Waals surface area (Å²) in [6, 6.07) is -3.90. The van der Waals surface area contributed by atoms with Crippen molar-refractivity contribution < 1.29 is 35.9 Å². The van der Waals surface area contributed by atoms with Gasteiger partial charge in [-0.3, -0.25) is 9.59 Å². The van der Waals surface area contributed by atoms with Crippen molar-refractivity contribution in [3.8, 4) is 0 Å². The van der Waals surface area contributed by atoms with Crippen molar-refractivity contribution in [2.45, 2.75) is 24.8 Å². The Hall–Kier alpha value is -1.28. The second-order valence-electron chi connectivity index (χ2n) is 3.22. The topological polar surface area (TPSA) is 37.4 Å². The average Bonchev–Trinajstić information content (AvgIpc) is 2.23. The number of nitrogens with zero attached hydrogens (tertiary/aromatic N) is 1. The van der Waals surface area contributed by atoms with Gasteiger partial charge in [0.05, 0.1) is 13.0 Å². The van der Waals surface area contributed by atoms with Crippen LogP contribution in [0.5, 0.6) is 0 Å². The fourth-order valence-electron chi connectivity index (χ4n) is 1.38. The fourth-order valence-corrected chi connectivity index (χ4v) is 1.38. The number of hydrogen-bond acceptors (Lipinski definition) is 2. The quantitative estimate of drug-likeness (QED) is 0.518. The van der Waals surface area contributed by atoms with Crippen molar-refractivity contribution in [2.24, 2.45) is 0 Å². The number of ketones is 1. The Kier molecular flexibility index (Phi) is 2.90. The molecule has 0 aliphatic carbocycles. The Labute approximate surface area is 85.0 Å². The zero-order chi connectivity index (χ0) is 12.7. The van der Waals surface area contributed by atoms with Crippen LogP contribution in [0.3, 0.4) is 0 Å². The van der Waals surface area contributed by atoms with Crippen LogP contribution in [0, 0.1) is 0 Å². The Morgan fingerprint density at radius 2 is 1.44 bits per heavy atom. The molecule has 0 aromatic carbocycles. The van der Waals surface area contributed by atoms with Crippen molar-refractivity contribution in [3.05, 3.63) is 0 Å². The van der Waals surface area contributed by atoms with Gasteiger partial charge in [0.1, 0.15) is 0 Å². The van der Waals surface area contributed by atoms with Gasteiger partial charge in [-0.25, -0.2) is 0 Å². The van der Waals surface area contributed by atoms with Gasteiger partial charge in [0.25, 0.3) is 0 Å². The maximum absolute atomic E-state index is 12.1. The highest BCUT2D eigenvalue weighted by Gasteiger charge is 2.62. The summed E-state index contributed by atoms with van der Waals surface area (Å²) in [6.45, 7) is -1.15. The summed E-state index contributed by atoms with van der Waals surface area (Å²) in [5.41, 5.74) is 0. The van der Waals surface area contributed by atoms with Crippen LogP contribution in [0.15, 0.2) is 0 Å². The van der Waals surface area contributed by atoms with E-state index in [1.807, 2.05) is 0 Å². The second kappa shape index (κ2) is 3.63. The van der Waals surface area contributed by atoms with E-state index in [4.69, 9.17) is 0 Å². The molecule has 0 bridgehead atoms. The third kappa shape index (κ3) is 2.45. The Balaban J connectivity index is 3.04. The van der Waals surface area contributed by atoms with Crippen LogP contribution in [0.4, 0.5) is 26.3 Å². The monoisotopic (exact) mass is 249 g/mol. The number of carbonyl (C=O) groups is 2. The molecule has 0 spiro atoms. The van der Waals surface area contributed by atoms with E-state index in [1.165, 1.54) is 0 Å². The summed E-state index contributed by atoms with van der Waals surface area (Å²) in [5.74, 6) is -2.41. The standard InChI is InChI=1S/C7H5F6NO2/c8-6(9,10)5(7(11,12)13)14-2-3(15)1-4(14)16/h5H,1-2H2. The molecule has 0 atom stereocenters. The summed E-state index contributed by atoms with van der Waals surface area (Å²) in [5, 5.41) is 0. The molecule has 1 saturated heterocycles. The number of hydrogen-bond donors (Lipinski definition) is 0. The normalized spacial score (nSPS) is 18.8. The van der Waals surface area contributed by atoms with Gasteiger partial charge >= 0.3 is 12.4 Å². The molecule has 0 aromatic heterocycles. The van der Waals surface area contributed by atoms with Crippen LogP contribution < -0.4 is 0 Å². The third-order valence-electron chi connectivity index (χ3n) is 1.95. The Morgan fingerprint density at radius 1 is 1.00 bits per heavy atom. The maximum atomic E-state index is 12.1. The van der Waals surface area contributed by atoms with E-state index in [2.05, 4.69) is 0 Å². The number of amides is 1. The van der Waals surface area contributed by atoms with E-state index in [0.717, 1.165) is 0 Å². The first-order valence-electron chi connectivity index (χ1n) is 3.98. The molecule has 3 nitrogen and oxygen atoms in total. The SMILES string of the molecule is O=C1CC(=O)N(C(C(F)(F)F)C(F)(F)F)C1. The van der Waals surface area contributed by atoms with Crippen molar-refractivity contribution >= 4 is 11.7 Å². The first kappa shape index (κ1) is 12.8.